The van der Waals surface area contributed by atoms with E-state index in [0.29, 0.717) is 29.3 Å². The molecule has 0 aliphatic carbocycles. The van der Waals surface area contributed by atoms with Crippen molar-refractivity contribution in [2.75, 3.05) is 19.5 Å². The van der Waals surface area contributed by atoms with Crippen LogP contribution >= 0.6 is 11.6 Å². The summed E-state index contributed by atoms with van der Waals surface area (Å²) in [6.07, 6.45) is 1.55. The molecule has 166 valence electrons. The van der Waals surface area contributed by atoms with Crippen LogP contribution in [0.25, 0.3) is 10.9 Å². The number of methoxy groups -OCH3 is 1. The van der Waals surface area contributed by atoms with Crippen molar-refractivity contribution in [1.29, 1.82) is 0 Å². The molecule has 0 aliphatic rings. The van der Waals surface area contributed by atoms with Crippen molar-refractivity contribution in [2.45, 2.75) is 11.4 Å². The highest BCUT2D eigenvalue weighted by atomic mass is 35.5. The number of hydrogen-bond donors (Lipinski definition) is 2. The third-order valence-electron chi connectivity index (χ3n) is 4.89. The SMILES string of the molecule is CNCc1cn(S(=O)(=O)c2cccc(F)c2)c2cc(Nc3ccc(OC)nc3Cl)ccc12. The highest BCUT2D eigenvalue weighted by Crippen LogP contribution is 2.31. The van der Waals surface area contributed by atoms with E-state index in [9.17, 15) is 12.8 Å². The molecule has 4 aromatic rings. The van der Waals surface area contributed by atoms with Gasteiger partial charge in [-0.05, 0) is 49.0 Å². The number of pyridine rings is 1. The third kappa shape index (κ3) is 4.14. The molecule has 0 radical (unpaired) electrons. The quantitative estimate of drug-likeness (QED) is 0.382. The number of nitrogens with zero attached hydrogens (tertiary/aromatic N) is 2. The van der Waals surface area contributed by atoms with Gasteiger partial charge in [0.05, 0.1) is 23.2 Å². The molecular weight excluding hydrogens is 455 g/mol. The topological polar surface area (TPSA) is 85.2 Å². The summed E-state index contributed by atoms with van der Waals surface area (Å²) in [5.41, 5.74) is 2.38. The number of rotatable bonds is 7. The van der Waals surface area contributed by atoms with Crippen LogP contribution in [0.15, 0.2) is 65.7 Å². The molecule has 0 amide bonds. The Morgan fingerprint density at radius 1 is 1.16 bits per heavy atom. The van der Waals surface area contributed by atoms with Crippen LogP contribution in [0.5, 0.6) is 5.88 Å². The average molecular weight is 475 g/mol. The Hall–Kier alpha value is -3.14. The minimum Gasteiger partial charge on any atom is -0.481 e. The monoisotopic (exact) mass is 474 g/mol. The van der Waals surface area contributed by atoms with Crippen LogP contribution in [0, 0.1) is 5.82 Å². The van der Waals surface area contributed by atoms with E-state index < -0.39 is 15.8 Å². The lowest BCUT2D eigenvalue weighted by Gasteiger charge is -2.11. The number of anilines is 2. The summed E-state index contributed by atoms with van der Waals surface area (Å²) in [5.74, 6) is -0.246. The highest BCUT2D eigenvalue weighted by molar-refractivity contribution is 7.90. The second-order valence-electron chi connectivity index (χ2n) is 6.99. The summed E-state index contributed by atoms with van der Waals surface area (Å²) in [6.45, 7) is 0.461. The Morgan fingerprint density at radius 3 is 2.66 bits per heavy atom. The van der Waals surface area contributed by atoms with Gasteiger partial charge in [0.1, 0.15) is 5.82 Å². The van der Waals surface area contributed by atoms with Gasteiger partial charge in [0.25, 0.3) is 10.0 Å². The predicted octanol–water partition coefficient (Wildman–Crippen LogP) is 4.54. The molecule has 0 saturated carbocycles. The molecule has 0 unspecified atom stereocenters. The molecule has 0 atom stereocenters. The summed E-state index contributed by atoms with van der Waals surface area (Å²) < 4.78 is 46.6. The van der Waals surface area contributed by atoms with Crippen LogP contribution in [0.3, 0.4) is 0 Å². The lowest BCUT2D eigenvalue weighted by Crippen LogP contribution is -2.12. The first kappa shape index (κ1) is 22.1. The largest absolute Gasteiger partial charge is 0.481 e. The van der Waals surface area contributed by atoms with Crippen LogP contribution in [0.2, 0.25) is 5.15 Å². The Balaban J connectivity index is 1.83. The van der Waals surface area contributed by atoms with Crippen molar-refractivity contribution in [1.82, 2.24) is 14.3 Å². The van der Waals surface area contributed by atoms with Crippen LogP contribution in [-0.2, 0) is 16.6 Å². The smallest absolute Gasteiger partial charge is 0.268 e. The van der Waals surface area contributed by atoms with Gasteiger partial charge in [0, 0.05) is 29.9 Å². The fourth-order valence-electron chi connectivity index (χ4n) is 3.40. The van der Waals surface area contributed by atoms with E-state index in [1.807, 2.05) is 12.1 Å². The number of fused-ring (bicyclic) bond motifs is 1. The molecule has 0 saturated heterocycles. The minimum atomic E-state index is -4.03. The number of benzene rings is 2. The lowest BCUT2D eigenvalue weighted by atomic mass is 10.1. The molecule has 0 bridgehead atoms. The van der Waals surface area contributed by atoms with Gasteiger partial charge in [0.2, 0.25) is 5.88 Å². The van der Waals surface area contributed by atoms with E-state index in [0.717, 1.165) is 17.0 Å². The molecule has 4 rings (SSSR count). The van der Waals surface area contributed by atoms with Crippen LogP contribution in [-0.4, -0.2) is 31.5 Å². The van der Waals surface area contributed by atoms with Crippen LogP contribution < -0.4 is 15.4 Å². The van der Waals surface area contributed by atoms with E-state index in [2.05, 4.69) is 15.6 Å². The second-order valence-corrected chi connectivity index (χ2v) is 9.16. The third-order valence-corrected chi connectivity index (χ3v) is 6.84. The zero-order chi connectivity index (χ0) is 22.9. The van der Waals surface area contributed by atoms with Gasteiger partial charge in [-0.1, -0.05) is 23.7 Å². The van der Waals surface area contributed by atoms with Crippen molar-refractivity contribution >= 4 is 43.9 Å². The summed E-state index contributed by atoms with van der Waals surface area (Å²) >= 11 is 6.22. The number of ether oxygens (including phenoxy) is 1. The average Bonchev–Trinajstić information content (AvgIpc) is 3.14. The highest BCUT2D eigenvalue weighted by Gasteiger charge is 2.22. The molecule has 0 spiro atoms. The second kappa shape index (κ2) is 8.78. The van der Waals surface area contributed by atoms with Crippen molar-refractivity contribution in [3.8, 4) is 5.88 Å². The van der Waals surface area contributed by atoms with Crippen molar-refractivity contribution in [3.63, 3.8) is 0 Å². The number of aromatic nitrogens is 2. The van der Waals surface area contributed by atoms with Gasteiger partial charge >= 0.3 is 0 Å². The minimum absolute atomic E-state index is 0.133. The molecule has 0 fully saturated rings. The molecular formula is C22H20ClFN4O3S. The molecule has 2 aromatic carbocycles. The fourth-order valence-corrected chi connectivity index (χ4v) is 5.00. The standard InChI is InChI=1S/C22H20ClFN4O3S/c1-25-12-14-13-28(32(29,30)17-5-3-4-15(24)10-17)20-11-16(6-7-18(14)20)26-19-8-9-21(31-2)27-22(19)23/h3-11,13,25-26H,12H2,1-2H3. The van der Waals surface area contributed by atoms with Crippen molar-refractivity contribution in [2.24, 2.45) is 0 Å². The predicted molar refractivity (Wildman–Crippen MR) is 123 cm³/mol. The maximum absolute atomic E-state index is 13.7. The normalized spacial score (nSPS) is 11.6. The first-order valence-corrected chi connectivity index (χ1v) is 11.4. The number of hydrogen-bond acceptors (Lipinski definition) is 6. The molecule has 2 heterocycles. The number of halogens is 2. The Kier molecular flexibility index (Phi) is 6.05. The van der Waals surface area contributed by atoms with Crippen molar-refractivity contribution < 1.29 is 17.5 Å². The van der Waals surface area contributed by atoms with Gasteiger partial charge < -0.3 is 15.4 Å². The van der Waals surface area contributed by atoms with Gasteiger partial charge in [-0.3, -0.25) is 0 Å². The molecule has 10 heteroatoms. The van der Waals surface area contributed by atoms with E-state index in [4.69, 9.17) is 16.3 Å². The maximum Gasteiger partial charge on any atom is 0.268 e. The Labute approximate surface area is 189 Å². The van der Waals surface area contributed by atoms with Gasteiger partial charge in [-0.2, -0.15) is 4.98 Å². The van der Waals surface area contributed by atoms with Gasteiger partial charge in [-0.25, -0.2) is 16.8 Å². The summed E-state index contributed by atoms with van der Waals surface area (Å²) in [7, 11) is -0.754. The van der Waals surface area contributed by atoms with E-state index in [1.54, 1.807) is 31.4 Å². The van der Waals surface area contributed by atoms with E-state index in [-0.39, 0.29) is 10.0 Å². The number of nitrogens with one attached hydrogen (secondary N) is 2. The summed E-state index contributed by atoms with van der Waals surface area (Å²) in [4.78, 5) is 3.99. The lowest BCUT2D eigenvalue weighted by molar-refractivity contribution is 0.398. The summed E-state index contributed by atoms with van der Waals surface area (Å²) in [6, 6.07) is 13.7. The van der Waals surface area contributed by atoms with Gasteiger partial charge in [0.15, 0.2) is 5.15 Å². The Bertz CT molecular complexity index is 1410. The van der Waals surface area contributed by atoms with E-state index >= 15 is 0 Å². The zero-order valence-electron chi connectivity index (χ0n) is 17.3. The first-order chi connectivity index (χ1) is 15.3. The molecule has 2 aromatic heterocycles. The van der Waals surface area contributed by atoms with Crippen LogP contribution in [0.4, 0.5) is 15.8 Å². The molecule has 2 N–H and O–H groups in total. The molecule has 32 heavy (non-hydrogen) atoms. The fraction of sp³-hybridized carbons (Fsp3) is 0.136. The van der Waals surface area contributed by atoms with Crippen molar-refractivity contribution in [3.05, 3.63) is 77.3 Å². The zero-order valence-corrected chi connectivity index (χ0v) is 18.8. The van der Waals surface area contributed by atoms with Crippen LogP contribution in [0.1, 0.15) is 5.56 Å². The first-order valence-electron chi connectivity index (χ1n) is 9.61. The van der Waals surface area contributed by atoms with E-state index in [1.165, 1.54) is 29.3 Å². The summed E-state index contributed by atoms with van der Waals surface area (Å²) in [5, 5.41) is 7.16. The maximum atomic E-state index is 13.7. The molecule has 7 nitrogen and oxygen atoms in total. The molecule has 0 aliphatic heterocycles. The van der Waals surface area contributed by atoms with Gasteiger partial charge in [-0.15, -0.1) is 0 Å². The Morgan fingerprint density at radius 2 is 1.97 bits per heavy atom.